The van der Waals surface area contributed by atoms with Crippen molar-refractivity contribution in [2.24, 2.45) is 5.41 Å². The second-order valence-corrected chi connectivity index (χ2v) is 8.63. The lowest BCUT2D eigenvalue weighted by Gasteiger charge is -2.53. The zero-order valence-electron chi connectivity index (χ0n) is 16.6. The highest BCUT2D eigenvalue weighted by Crippen LogP contribution is 2.41. The minimum absolute atomic E-state index is 0.0367. The van der Waals surface area contributed by atoms with E-state index < -0.39 is 0 Å². The van der Waals surface area contributed by atoms with Crippen LogP contribution in [0.25, 0.3) is 11.0 Å². The number of benzene rings is 1. The van der Waals surface area contributed by atoms with Crippen LogP contribution >= 0.6 is 0 Å². The first-order valence-electron chi connectivity index (χ1n) is 9.99. The zero-order chi connectivity index (χ0) is 19.2. The summed E-state index contributed by atoms with van der Waals surface area (Å²) in [5.41, 5.74) is 3.82. The third-order valence-corrected chi connectivity index (χ3v) is 6.93. The van der Waals surface area contributed by atoms with Crippen molar-refractivity contribution >= 4 is 11.0 Å². The van der Waals surface area contributed by atoms with Gasteiger partial charge in [-0.2, -0.15) is 0 Å². The molecule has 0 unspecified atom stereocenters. The number of likely N-dealkylation sites (tertiary alicyclic amines) is 2. The SMILES string of the molecule is Cc1cc2oc(=O)cc(CN3CC[C@@]4(CO)CCCN(C)[C@@H]4C3)c2cc1C. The van der Waals surface area contributed by atoms with Crippen LogP contribution in [0, 0.1) is 19.3 Å². The third kappa shape index (κ3) is 3.33. The van der Waals surface area contributed by atoms with Crippen molar-refractivity contribution in [1.29, 1.82) is 0 Å². The highest BCUT2D eigenvalue weighted by Gasteiger charge is 2.46. The quantitative estimate of drug-likeness (QED) is 0.842. The molecule has 5 heteroatoms. The number of likely N-dealkylation sites (N-methyl/N-ethyl adjacent to an activating group) is 1. The van der Waals surface area contributed by atoms with Crippen molar-refractivity contribution in [3.8, 4) is 0 Å². The fraction of sp³-hybridized carbons (Fsp3) is 0.591. The fourth-order valence-corrected chi connectivity index (χ4v) is 5.07. The van der Waals surface area contributed by atoms with Crippen molar-refractivity contribution in [1.82, 2.24) is 9.80 Å². The molecule has 2 fully saturated rings. The summed E-state index contributed by atoms with van der Waals surface area (Å²) in [7, 11) is 2.18. The summed E-state index contributed by atoms with van der Waals surface area (Å²) in [6.07, 6.45) is 3.29. The fourth-order valence-electron chi connectivity index (χ4n) is 5.07. The summed E-state index contributed by atoms with van der Waals surface area (Å²) in [5, 5.41) is 11.1. The Morgan fingerprint density at radius 2 is 1.96 bits per heavy atom. The molecule has 2 atom stereocenters. The summed E-state index contributed by atoms with van der Waals surface area (Å²) in [6, 6.07) is 6.13. The minimum Gasteiger partial charge on any atom is -0.423 e. The van der Waals surface area contributed by atoms with Gasteiger partial charge in [-0.15, -0.1) is 0 Å². The normalized spacial score (nSPS) is 27.0. The second kappa shape index (κ2) is 7.04. The van der Waals surface area contributed by atoms with E-state index in [4.69, 9.17) is 4.42 Å². The smallest absolute Gasteiger partial charge is 0.336 e. The molecule has 0 radical (unpaired) electrons. The largest absolute Gasteiger partial charge is 0.423 e. The van der Waals surface area contributed by atoms with E-state index in [1.807, 2.05) is 13.0 Å². The van der Waals surface area contributed by atoms with E-state index in [0.717, 1.165) is 62.0 Å². The van der Waals surface area contributed by atoms with Crippen LogP contribution in [0.2, 0.25) is 0 Å². The first kappa shape index (κ1) is 18.7. The molecule has 4 rings (SSSR count). The van der Waals surface area contributed by atoms with E-state index in [0.29, 0.717) is 11.6 Å². The molecule has 1 aromatic carbocycles. The number of fused-ring (bicyclic) bond motifs is 2. The molecule has 5 nitrogen and oxygen atoms in total. The van der Waals surface area contributed by atoms with Crippen LogP contribution < -0.4 is 5.63 Å². The van der Waals surface area contributed by atoms with Gasteiger partial charge in [0.15, 0.2) is 0 Å². The van der Waals surface area contributed by atoms with Gasteiger partial charge in [-0.3, -0.25) is 4.90 Å². The van der Waals surface area contributed by atoms with Gasteiger partial charge in [0.05, 0.1) is 6.61 Å². The molecule has 2 aliphatic rings. The maximum atomic E-state index is 12.1. The van der Waals surface area contributed by atoms with Gasteiger partial charge >= 0.3 is 5.63 Å². The summed E-state index contributed by atoms with van der Waals surface area (Å²) in [5.74, 6) is 0. The second-order valence-electron chi connectivity index (χ2n) is 8.63. The van der Waals surface area contributed by atoms with E-state index in [9.17, 15) is 9.90 Å². The first-order valence-corrected chi connectivity index (χ1v) is 9.99. The molecular formula is C22H30N2O3. The summed E-state index contributed by atoms with van der Waals surface area (Å²) >= 11 is 0. The Kier molecular flexibility index (Phi) is 4.87. The summed E-state index contributed by atoms with van der Waals surface area (Å²) in [6.45, 7) is 8.14. The van der Waals surface area contributed by atoms with E-state index in [2.05, 4.69) is 29.8 Å². The number of hydrogen-bond donors (Lipinski definition) is 1. The number of rotatable bonds is 3. The standard InChI is InChI=1S/C22H30N2O3/c1-15-9-18-17(11-21(26)27-19(18)10-16(15)2)12-24-8-6-22(14-25)5-4-7-23(3)20(22)13-24/h9-11,20,25H,4-8,12-14H2,1-3H3/t20-,22-/m1/s1. The van der Waals surface area contributed by atoms with Crippen molar-refractivity contribution in [2.45, 2.75) is 45.7 Å². The first-order chi connectivity index (χ1) is 12.9. The molecule has 1 N–H and O–H groups in total. The monoisotopic (exact) mass is 370 g/mol. The average molecular weight is 370 g/mol. The number of nitrogens with zero attached hydrogens (tertiary/aromatic N) is 2. The summed E-state index contributed by atoms with van der Waals surface area (Å²) < 4.78 is 5.45. The Morgan fingerprint density at radius 3 is 2.74 bits per heavy atom. The molecule has 0 saturated carbocycles. The van der Waals surface area contributed by atoms with Crippen molar-refractivity contribution < 1.29 is 9.52 Å². The lowest BCUT2D eigenvalue weighted by molar-refractivity contribution is -0.0684. The highest BCUT2D eigenvalue weighted by atomic mass is 16.4. The average Bonchev–Trinajstić information content (AvgIpc) is 2.64. The molecule has 3 heterocycles. The molecule has 1 aromatic heterocycles. The molecule has 0 spiro atoms. The van der Waals surface area contributed by atoms with Crippen molar-refractivity contribution in [2.75, 3.05) is 33.3 Å². The van der Waals surface area contributed by atoms with E-state index in [-0.39, 0.29) is 17.6 Å². The van der Waals surface area contributed by atoms with Gasteiger partial charge in [0, 0.05) is 36.0 Å². The lowest BCUT2D eigenvalue weighted by Crippen LogP contribution is -2.61. The van der Waals surface area contributed by atoms with Crippen LogP contribution in [0.4, 0.5) is 0 Å². The topological polar surface area (TPSA) is 56.9 Å². The van der Waals surface area contributed by atoms with E-state index >= 15 is 0 Å². The number of aryl methyl sites for hydroxylation is 2. The molecule has 2 aliphatic heterocycles. The van der Waals surface area contributed by atoms with Gasteiger partial charge in [-0.1, -0.05) is 0 Å². The molecule has 2 saturated heterocycles. The third-order valence-electron chi connectivity index (χ3n) is 6.93. The maximum absolute atomic E-state index is 12.1. The molecule has 146 valence electrons. The molecule has 0 bridgehead atoms. The van der Waals surface area contributed by atoms with Crippen molar-refractivity contribution in [3.63, 3.8) is 0 Å². The van der Waals surface area contributed by atoms with Crippen LogP contribution in [0.1, 0.15) is 36.0 Å². The Bertz CT molecular complexity index is 906. The predicted molar refractivity (Wildman–Crippen MR) is 107 cm³/mol. The highest BCUT2D eigenvalue weighted by molar-refractivity contribution is 5.81. The Morgan fingerprint density at radius 1 is 1.19 bits per heavy atom. The van der Waals surface area contributed by atoms with Crippen LogP contribution in [0.5, 0.6) is 0 Å². The number of piperidine rings is 2. The van der Waals surface area contributed by atoms with Gasteiger partial charge < -0.3 is 14.4 Å². The molecule has 0 amide bonds. The Balaban J connectivity index is 1.63. The zero-order valence-corrected chi connectivity index (χ0v) is 16.6. The van der Waals surface area contributed by atoms with Gasteiger partial charge in [0.25, 0.3) is 0 Å². The number of aliphatic hydroxyl groups excluding tert-OH is 1. The van der Waals surface area contributed by atoms with Gasteiger partial charge in [-0.05, 0) is 82.1 Å². The van der Waals surface area contributed by atoms with Gasteiger partial charge in [-0.25, -0.2) is 4.79 Å². The van der Waals surface area contributed by atoms with Gasteiger partial charge in [0.2, 0.25) is 0 Å². The maximum Gasteiger partial charge on any atom is 0.336 e. The van der Waals surface area contributed by atoms with Crippen molar-refractivity contribution in [3.05, 3.63) is 45.3 Å². The van der Waals surface area contributed by atoms with E-state index in [1.165, 1.54) is 5.56 Å². The summed E-state index contributed by atoms with van der Waals surface area (Å²) in [4.78, 5) is 16.9. The molecular weight excluding hydrogens is 340 g/mol. The number of hydrogen-bond acceptors (Lipinski definition) is 5. The molecule has 2 aromatic rings. The Labute approximate surface area is 160 Å². The van der Waals surface area contributed by atoms with Crippen LogP contribution in [-0.4, -0.2) is 54.2 Å². The Hall–Kier alpha value is -1.69. The predicted octanol–water partition coefficient (Wildman–Crippen LogP) is 2.69. The number of aliphatic hydroxyl groups is 1. The van der Waals surface area contributed by atoms with E-state index in [1.54, 1.807) is 6.07 Å². The van der Waals surface area contributed by atoms with Crippen LogP contribution in [0.3, 0.4) is 0 Å². The lowest BCUT2D eigenvalue weighted by atomic mass is 9.69. The van der Waals surface area contributed by atoms with Crippen LogP contribution in [0.15, 0.2) is 27.4 Å². The van der Waals surface area contributed by atoms with Crippen LogP contribution in [-0.2, 0) is 6.54 Å². The minimum atomic E-state index is -0.280. The molecule has 0 aliphatic carbocycles. The molecule has 27 heavy (non-hydrogen) atoms. The van der Waals surface area contributed by atoms with Gasteiger partial charge in [0.1, 0.15) is 5.58 Å².